The standard InChI is InChI=1S/C14H25N3O2/c1-4-7-17-14(12(18-3)9-16-17)13(15-5-2)11-6-8-19-10-11/h9,11,13,15H,4-8,10H2,1-3H3. The monoisotopic (exact) mass is 267 g/mol. The Labute approximate surface area is 115 Å². The summed E-state index contributed by atoms with van der Waals surface area (Å²) in [5, 5.41) is 8.04. The molecule has 5 heteroatoms. The molecule has 0 spiro atoms. The van der Waals surface area contributed by atoms with Gasteiger partial charge in [0, 0.05) is 19.1 Å². The summed E-state index contributed by atoms with van der Waals surface area (Å²) in [6, 6.07) is 0.261. The largest absolute Gasteiger partial charge is 0.493 e. The van der Waals surface area contributed by atoms with Crippen LogP contribution in [0.1, 0.15) is 38.4 Å². The molecular weight excluding hydrogens is 242 g/mol. The summed E-state index contributed by atoms with van der Waals surface area (Å²) in [5.41, 5.74) is 1.17. The average molecular weight is 267 g/mol. The fraction of sp³-hybridized carbons (Fsp3) is 0.786. The Bertz CT molecular complexity index is 386. The van der Waals surface area contributed by atoms with Gasteiger partial charge in [0.2, 0.25) is 0 Å². The van der Waals surface area contributed by atoms with Crippen molar-refractivity contribution in [1.82, 2.24) is 15.1 Å². The minimum absolute atomic E-state index is 0.261. The lowest BCUT2D eigenvalue weighted by molar-refractivity contribution is 0.175. The molecule has 2 unspecified atom stereocenters. The first-order chi connectivity index (χ1) is 9.31. The van der Waals surface area contributed by atoms with Crippen molar-refractivity contribution in [2.24, 2.45) is 5.92 Å². The van der Waals surface area contributed by atoms with E-state index in [1.165, 1.54) is 5.69 Å². The van der Waals surface area contributed by atoms with E-state index in [9.17, 15) is 0 Å². The van der Waals surface area contributed by atoms with Crippen LogP contribution >= 0.6 is 0 Å². The fourth-order valence-electron chi connectivity index (χ4n) is 2.76. The smallest absolute Gasteiger partial charge is 0.161 e. The van der Waals surface area contributed by atoms with Gasteiger partial charge in [-0.3, -0.25) is 4.68 Å². The van der Waals surface area contributed by atoms with Crippen molar-refractivity contribution in [2.45, 2.75) is 39.3 Å². The molecule has 0 aliphatic carbocycles. The van der Waals surface area contributed by atoms with Crippen LogP contribution in [0.5, 0.6) is 5.75 Å². The van der Waals surface area contributed by atoms with Crippen LogP contribution in [0, 0.1) is 5.92 Å². The van der Waals surface area contributed by atoms with Crippen LogP contribution in [-0.2, 0) is 11.3 Å². The maximum atomic E-state index is 5.55. The molecule has 1 aromatic rings. The normalized spacial score (nSPS) is 20.7. The lowest BCUT2D eigenvalue weighted by Crippen LogP contribution is -2.31. The Morgan fingerprint density at radius 3 is 3.00 bits per heavy atom. The molecule has 108 valence electrons. The Hall–Kier alpha value is -1.07. The SMILES string of the molecule is CCCn1ncc(OC)c1C(NCC)C1CCOC1. The van der Waals surface area contributed by atoms with Crippen LogP contribution in [0.25, 0.3) is 0 Å². The number of nitrogens with one attached hydrogen (secondary N) is 1. The summed E-state index contributed by atoms with van der Waals surface area (Å²) in [5.74, 6) is 1.38. The van der Waals surface area contributed by atoms with Gasteiger partial charge in [0.05, 0.1) is 31.6 Å². The van der Waals surface area contributed by atoms with E-state index in [0.29, 0.717) is 5.92 Å². The minimum Gasteiger partial charge on any atom is -0.493 e. The van der Waals surface area contributed by atoms with Gasteiger partial charge in [-0.05, 0) is 19.4 Å². The highest BCUT2D eigenvalue weighted by molar-refractivity contribution is 5.29. The Balaban J connectivity index is 2.30. The Morgan fingerprint density at radius 2 is 2.42 bits per heavy atom. The van der Waals surface area contributed by atoms with Gasteiger partial charge in [0.15, 0.2) is 5.75 Å². The van der Waals surface area contributed by atoms with E-state index < -0.39 is 0 Å². The van der Waals surface area contributed by atoms with E-state index in [0.717, 1.165) is 44.9 Å². The Morgan fingerprint density at radius 1 is 1.58 bits per heavy atom. The van der Waals surface area contributed by atoms with Crippen molar-refractivity contribution in [2.75, 3.05) is 26.9 Å². The van der Waals surface area contributed by atoms with Crippen molar-refractivity contribution in [3.8, 4) is 5.75 Å². The molecule has 2 heterocycles. The molecule has 1 aliphatic heterocycles. The quantitative estimate of drug-likeness (QED) is 0.821. The molecule has 1 N–H and O–H groups in total. The van der Waals surface area contributed by atoms with Gasteiger partial charge in [0.25, 0.3) is 0 Å². The van der Waals surface area contributed by atoms with Crippen molar-refractivity contribution >= 4 is 0 Å². The third-order valence-electron chi connectivity index (χ3n) is 3.66. The molecule has 2 rings (SSSR count). The van der Waals surface area contributed by atoms with E-state index in [4.69, 9.17) is 9.47 Å². The average Bonchev–Trinajstić information content (AvgIpc) is 3.06. The van der Waals surface area contributed by atoms with Gasteiger partial charge >= 0.3 is 0 Å². The van der Waals surface area contributed by atoms with E-state index in [-0.39, 0.29) is 6.04 Å². The molecule has 0 saturated carbocycles. The highest BCUT2D eigenvalue weighted by Crippen LogP contribution is 2.34. The van der Waals surface area contributed by atoms with E-state index in [1.807, 2.05) is 6.20 Å². The lowest BCUT2D eigenvalue weighted by Gasteiger charge is -2.25. The van der Waals surface area contributed by atoms with E-state index >= 15 is 0 Å². The van der Waals surface area contributed by atoms with Gasteiger partial charge in [-0.25, -0.2) is 0 Å². The van der Waals surface area contributed by atoms with E-state index in [1.54, 1.807) is 7.11 Å². The van der Waals surface area contributed by atoms with Gasteiger partial charge < -0.3 is 14.8 Å². The first-order valence-corrected chi connectivity index (χ1v) is 7.22. The summed E-state index contributed by atoms with van der Waals surface area (Å²) in [4.78, 5) is 0. The van der Waals surface area contributed by atoms with Crippen LogP contribution in [0.3, 0.4) is 0 Å². The van der Waals surface area contributed by atoms with Crippen molar-refractivity contribution in [3.63, 3.8) is 0 Å². The summed E-state index contributed by atoms with van der Waals surface area (Å²) in [7, 11) is 1.71. The molecule has 1 aliphatic rings. The summed E-state index contributed by atoms with van der Waals surface area (Å²) in [6.07, 6.45) is 3.99. The second-order valence-corrected chi connectivity index (χ2v) is 4.98. The van der Waals surface area contributed by atoms with Gasteiger partial charge in [-0.15, -0.1) is 0 Å². The summed E-state index contributed by atoms with van der Waals surface area (Å²) < 4.78 is 13.1. The van der Waals surface area contributed by atoms with Crippen molar-refractivity contribution in [3.05, 3.63) is 11.9 Å². The van der Waals surface area contributed by atoms with Crippen molar-refractivity contribution in [1.29, 1.82) is 0 Å². The maximum Gasteiger partial charge on any atom is 0.161 e. The number of methoxy groups -OCH3 is 1. The molecule has 5 nitrogen and oxygen atoms in total. The molecule has 0 bridgehead atoms. The number of aromatic nitrogens is 2. The molecule has 1 aromatic heterocycles. The van der Waals surface area contributed by atoms with Crippen LogP contribution in [0.4, 0.5) is 0 Å². The molecule has 1 fully saturated rings. The number of rotatable bonds is 7. The maximum absolute atomic E-state index is 5.55. The zero-order chi connectivity index (χ0) is 13.7. The highest BCUT2D eigenvalue weighted by atomic mass is 16.5. The first kappa shape index (κ1) is 14.3. The number of hydrogen-bond acceptors (Lipinski definition) is 4. The zero-order valence-corrected chi connectivity index (χ0v) is 12.2. The second-order valence-electron chi connectivity index (χ2n) is 4.98. The fourth-order valence-corrected chi connectivity index (χ4v) is 2.76. The van der Waals surface area contributed by atoms with Crippen LogP contribution in [0.2, 0.25) is 0 Å². The van der Waals surface area contributed by atoms with Crippen molar-refractivity contribution < 1.29 is 9.47 Å². The predicted molar refractivity (Wildman–Crippen MR) is 74.4 cm³/mol. The van der Waals surface area contributed by atoms with Gasteiger partial charge in [-0.2, -0.15) is 5.10 Å². The molecule has 19 heavy (non-hydrogen) atoms. The number of aryl methyl sites for hydroxylation is 1. The second kappa shape index (κ2) is 6.91. The number of hydrogen-bond donors (Lipinski definition) is 1. The molecule has 0 amide bonds. The minimum atomic E-state index is 0.261. The predicted octanol–water partition coefficient (Wildman–Crippen LogP) is 1.99. The van der Waals surface area contributed by atoms with Crippen LogP contribution < -0.4 is 10.1 Å². The molecule has 1 saturated heterocycles. The highest BCUT2D eigenvalue weighted by Gasteiger charge is 2.31. The molecule has 0 aromatic carbocycles. The molecule has 0 radical (unpaired) electrons. The number of ether oxygens (including phenoxy) is 2. The van der Waals surface area contributed by atoms with Gasteiger partial charge in [0.1, 0.15) is 0 Å². The molecule has 2 atom stereocenters. The Kier molecular flexibility index (Phi) is 5.22. The topological polar surface area (TPSA) is 48.3 Å². The van der Waals surface area contributed by atoms with Gasteiger partial charge in [-0.1, -0.05) is 13.8 Å². The zero-order valence-electron chi connectivity index (χ0n) is 12.2. The first-order valence-electron chi connectivity index (χ1n) is 7.22. The summed E-state index contributed by atoms with van der Waals surface area (Å²) in [6.45, 7) is 7.83. The van der Waals surface area contributed by atoms with Crippen LogP contribution in [0.15, 0.2) is 6.20 Å². The molecular formula is C14H25N3O2. The van der Waals surface area contributed by atoms with E-state index in [2.05, 4.69) is 28.9 Å². The lowest BCUT2D eigenvalue weighted by atomic mass is 9.95. The van der Waals surface area contributed by atoms with Crippen LogP contribution in [-0.4, -0.2) is 36.6 Å². The number of nitrogens with zero attached hydrogens (tertiary/aromatic N) is 2. The third kappa shape index (κ3) is 3.09. The third-order valence-corrected chi connectivity index (χ3v) is 3.66. The summed E-state index contributed by atoms with van der Waals surface area (Å²) >= 11 is 0.